The van der Waals surface area contributed by atoms with Gasteiger partial charge in [-0.3, -0.25) is 9.59 Å². The van der Waals surface area contributed by atoms with E-state index in [0.29, 0.717) is 19.6 Å². The van der Waals surface area contributed by atoms with Crippen LogP contribution in [0.5, 0.6) is 0 Å². The highest BCUT2D eigenvalue weighted by molar-refractivity contribution is 5.82. The normalized spacial score (nSPS) is 50.2. The Morgan fingerprint density at radius 2 is 2.09 bits per heavy atom. The van der Waals surface area contributed by atoms with Gasteiger partial charge in [-0.15, -0.1) is 0 Å². The quantitative estimate of drug-likeness (QED) is 0.533. The Morgan fingerprint density at radius 1 is 1.32 bits per heavy atom. The zero-order chi connectivity index (χ0) is 15.5. The molecule has 0 amide bonds. The van der Waals surface area contributed by atoms with Crippen molar-refractivity contribution in [3.63, 3.8) is 0 Å². The molecule has 4 aliphatic rings. The number of ether oxygens (including phenoxy) is 4. The zero-order valence-electron chi connectivity index (χ0n) is 13.0. The molecule has 0 unspecified atom stereocenters. The number of carbonyl (C=O) groups is 2. The van der Waals surface area contributed by atoms with Crippen LogP contribution in [-0.4, -0.2) is 49.6 Å². The maximum absolute atomic E-state index is 12.2. The maximum atomic E-state index is 12.2. The van der Waals surface area contributed by atoms with Crippen molar-refractivity contribution < 1.29 is 28.5 Å². The maximum Gasteiger partial charge on any atom is 0.308 e. The van der Waals surface area contributed by atoms with E-state index in [1.165, 1.54) is 7.11 Å². The Bertz CT molecular complexity index is 513. The monoisotopic (exact) mass is 310 g/mol. The standard InChI is InChI=1S/C16H22O6/c1-9-7-20-16(6-12(9)17)15(8-21-15)11-4-3-10(14(18)19-2)5-13(11)22-16/h9-11,13H,3-8H2,1-2H3/t9-,10+,11+,13-,15+,16+/m1/s1. The van der Waals surface area contributed by atoms with Gasteiger partial charge in [-0.2, -0.15) is 0 Å². The average Bonchev–Trinajstić information content (AvgIpc) is 3.27. The van der Waals surface area contributed by atoms with Crippen molar-refractivity contribution in [1.82, 2.24) is 0 Å². The van der Waals surface area contributed by atoms with E-state index in [1.807, 2.05) is 6.92 Å². The zero-order valence-corrected chi connectivity index (χ0v) is 13.0. The van der Waals surface area contributed by atoms with Crippen LogP contribution in [0.1, 0.15) is 32.6 Å². The molecule has 0 aromatic rings. The molecule has 6 atom stereocenters. The lowest BCUT2D eigenvalue weighted by molar-refractivity contribution is -0.266. The summed E-state index contributed by atoms with van der Waals surface area (Å²) in [5.74, 6) is -0.954. The lowest BCUT2D eigenvalue weighted by Gasteiger charge is -2.38. The minimum absolute atomic E-state index is 0.0875. The van der Waals surface area contributed by atoms with Crippen LogP contribution in [-0.2, 0) is 28.5 Å². The largest absolute Gasteiger partial charge is 0.469 e. The van der Waals surface area contributed by atoms with Crippen LogP contribution < -0.4 is 0 Å². The van der Waals surface area contributed by atoms with Crippen LogP contribution in [0.2, 0.25) is 0 Å². The molecule has 3 heterocycles. The fourth-order valence-electron chi connectivity index (χ4n) is 4.47. The van der Waals surface area contributed by atoms with E-state index in [4.69, 9.17) is 18.9 Å². The van der Waals surface area contributed by atoms with E-state index in [1.54, 1.807) is 0 Å². The number of ketones is 1. The third-order valence-corrected chi connectivity index (χ3v) is 5.89. The first-order chi connectivity index (χ1) is 10.5. The number of epoxide rings is 1. The number of methoxy groups -OCH3 is 1. The second-order valence-corrected chi connectivity index (χ2v) is 7.08. The van der Waals surface area contributed by atoms with E-state index in [-0.39, 0.29) is 42.0 Å². The molecule has 122 valence electrons. The van der Waals surface area contributed by atoms with Gasteiger partial charge >= 0.3 is 5.97 Å². The van der Waals surface area contributed by atoms with E-state index in [9.17, 15) is 9.59 Å². The van der Waals surface area contributed by atoms with Crippen molar-refractivity contribution in [2.24, 2.45) is 17.8 Å². The summed E-state index contributed by atoms with van der Waals surface area (Å²) in [4.78, 5) is 24.0. The van der Waals surface area contributed by atoms with Crippen molar-refractivity contribution in [3.8, 4) is 0 Å². The minimum Gasteiger partial charge on any atom is -0.469 e. The number of hydrogen-bond donors (Lipinski definition) is 0. The third-order valence-electron chi connectivity index (χ3n) is 5.89. The van der Waals surface area contributed by atoms with Crippen LogP contribution in [0.15, 0.2) is 0 Å². The van der Waals surface area contributed by atoms with Gasteiger partial charge in [0.2, 0.25) is 5.79 Å². The summed E-state index contributed by atoms with van der Waals surface area (Å²) in [6.07, 6.45) is 2.41. The van der Waals surface area contributed by atoms with Gasteiger partial charge in [0.15, 0.2) is 5.60 Å². The predicted molar refractivity (Wildman–Crippen MR) is 73.9 cm³/mol. The highest BCUT2D eigenvalue weighted by Gasteiger charge is 2.76. The van der Waals surface area contributed by atoms with Crippen LogP contribution in [0.25, 0.3) is 0 Å². The number of fused-ring (bicyclic) bond motifs is 3. The SMILES string of the molecule is COC(=O)[C@H]1CC[C@H]2[C@@H](C1)O[C@@]1(CC(=O)[C@H](C)CO1)[C@]21CO1. The lowest BCUT2D eigenvalue weighted by atomic mass is 9.72. The first-order valence-corrected chi connectivity index (χ1v) is 8.07. The van der Waals surface area contributed by atoms with Gasteiger partial charge in [0.1, 0.15) is 5.78 Å². The van der Waals surface area contributed by atoms with Gasteiger partial charge in [0, 0.05) is 11.8 Å². The second-order valence-electron chi connectivity index (χ2n) is 7.08. The Morgan fingerprint density at radius 3 is 2.73 bits per heavy atom. The van der Waals surface area contributed by atoms with E-state index in [2.05, 4.69) is 0 Å². The summed E-state index contributed by atoms with van der Waals surface area (Å²) in [5, 5.41) is 0. The predicted octanol–water partition coefficient (Wildman–Crippen LogP) is 1.07. The van der Waals surface area contributed by atoms with Crippen molar-refractivity contribution in [2.45, 2.75) is 50.1 Å². The molecule has 0 N–H and O–H groups in total. The van der Waals surface area contributed by atoms with E-state index < -0.39 is 11.4 Å². The van der Waals surface area contributed by atoms with Gasteiger partial charge in [-0.05, 0) is 19.3 Å². The Kier molecular flexibility index (Phi) is 3.16. The first kappa shape index (κ1) is 14.6. The number of esters is 1. The second kappa shape index (κ2) is 4.76. The Labute approximate surface area is 129 Å². The number of carbonyl (C=O) groups excluding carboxylic acids is 2. The summed E-state index contributed by atoms with van der Waals surface area (Å²) in [6.45, 7) is 2.84. The highest BCUT2D eigenvalue weighted by Crippen LogP contribution is 2.61. The molecule has 4 fully saturated rings. The number of rotatable bonds is 1. The minimum atomic E-state index is -0.934. The van der Waals surface area contributed by atoms with Crippen LogP contribution in [0.3, 0.4) is 0 Å². The van der Waals surface area contributed by atoms with Crippen LogP contribution >= 0.6 is 0 Å². The topological polar surface area (TPSA) is 74.4 Å². The molecule has 0 aromatic heterocycles. The number of Topliss-reactive ketones (excluding diaryl/α,β-unsaturated/α-hetero) is 1. The van der Waals surface area contributed by atoms with Gasteiger partial charge in [-0.1, -0.05) is 6.92 Å². The molecule has 22 heavy (non-hydrogen) atoms. The van der Waals surface area contributed by atoms with Gasteiger partial charge in [-0.25, -0.2) is 0 Å². The molecular weight excluding hydrogens is 288 g/mol. The summed E-state index contributed by atoms with van der Waals surface area (Å²) in [5.41, 5.74) is -0.478. The molecule has 0 bridgehead atoms. The molecule has 1 saturated carbocycles. The molecule has 4 rings (SSSR count). The van der Waals surface area contributed by atoms with Crippen molar-refractivity contribution >= 4 is 11.8 Å². The highest BCUT2D eigenvalue weighted by atomic mass is 16.8. The van der Waals surface area contributed by atoms with E-state index >= 15 is 0 Å². The van der Waals surface area contributed by atoms with Crippen molar-refractivity contribution in [2.75, 3.05) is 20.3 Å². The molecule has 6 heteroatoms. The molecule has 2 spiro atoms. The van der Waals surface area contributed by atoms with Crippen LogP contribution in [0, 0.1) is 17.8 Å². The molecule has 6 nitrogen and oxygen atoms in total. The molecular formula is C16H22O6. The summed E-state index contributed by atoms with van der Waals surface area (Å²) >= 11 is 0. The molecule has 0 radical (unpaired) electrons. The molecule has 1 aliphatic carbocycles. The molecule has 3 aliphatic heterocycles. The molecule has 3 saturated heterocycles. The first-order valence-electron chi connectivity index (χ1n) is 8.07. The van der Waals surface area contributed by atoms with Crippen molar-refractivity contribution in [3.05, 3.63) is 0 Å². The molecule has 0 aromatic carbocycles. The smallest absolute Gasteiger partial charge is 0.308 e. The fourth-order valence-corrected chi connectivity index (χ4v) is 4.47. The average molecular weight is 310 g/mol. The van der Waals surface area contributed by atoms with Gasteiger partial charge < -0.3 is 18.9 Å². The summed E-state index contributed by atoms with van der Waals surface area (Å²) in [6, 6.07) is 0. The summed E-state index contributed by atoms with van der Waals surface area (Å²) < 4.78 is 22.9. The summed E-state index contributed by atoms with van der Waals surface area (Å²) in [7, 11) is 1.42. The fraction of sp³-hybridized carbons (Fsp3) is 0.875. The van der Waals surface area contributed by atoms with Gasteiger partial charge in [0.25, 0.3) is 0 Å². The lowest BCUT2D eigenvalue weighted by Crippen LogP contribution is -2.53. The van der Waals surface area contributed by atoms with Crippen LogP contribution in [0.4, 0.5) is 0 Å². The van der Waals surface area contributed by atoms with E-state index in [0.717, 1.165) is 12.8 Å². The third kappa shape index (κ3) is 1.83. The number of hydrogen-bond acceptors (Lipinski definition) is 6. The Balaban J connectivity index is 1.58. The van der Waals surface area contributed by atoms with Gasteiger partial charge in [0.05, 0.1) is 38.8 Å². The van der Waals surface area contributed by atoms with Crippen molar-refractivity contribution in [1.29, 1.82) is 0 Å². The Hall–Kier alpha value is -0.980.